The van der Waals surface area contributed by atoms with Gasteiger partial charge in [0.05, 0.1) is 12.1 Å². The lowest BCUT2D eigenvalue weighted by atomic mass is 10.3. The van der Waals surface area contributed by atoms with Crippen LogP contribution in [-0.2, 0) is 4.79 Å². The Hall–Kier alpha value is -1.89. The van der Waals surface area contributed by atoms with E-state index in [0.29, 0.717) is 5.84 Å². The van der Waals surface area contributed by atoms with Gasteiger partial charge in [0, 0.05) is 4.47 Å². The lowest BCUT2D eigenvalue weighted by molar-refractivity contribution is -0.119. The van der Waals surface area contributed by atoms with Gasteiger partial charge in [0.2, 0.25) is 5.91 Å². The lowest BCUT2D eigenvalue weighted by Crippen LogP contribution is -2.50. The number of nitrogens with one attached hydrogen (secondary N) is 3. The van der Waals surface area contributed by atoms with Crippen LogP contribution in [0, 0.1) is 0 Å². The van der Waals surface area contributed by atoms with Crippen molar-refractivity contribution in [2.45, 2.75) is 6.42 Å². The minimum absolute atomic E-state index is 0.0484. The zero-order valence-corrected chi connectivity index (χ0v) is 10.2. The predicted octanol–water partition coefficient (Wildman–Crippen LogP) is 1.40. The van der Waals surface area contributed by atoms with Gasteiger partial charge in [-0.25, -0.2) is 4.79 Å². The first-order valence-corrected chi connectivity index (χ1v) is 5.62. The van der Waals surface area contributed by atoms with Crippen molar-refractivity contribution in [3.05, 3.63) is 28.7 Å². The summed E-state index contributed by atoms with van der Waals surface area (Å²) in [5, 5.41) is 8.50. The summed E-state index contributed by atoms with van der Waals surface area (Å²) in [4.78, 5) is 22.1. The Morgan fingerprint density at radius 1 is 1.29 bits per heavy atom. The van der Waals surface area contributed by atoms with E-state index in [1.165, 1.54) is 0 Å². The molecule has 1 saturated heterocycles. The Labute approximate surface area is 106 Å². The molecule has 0 aromatic heterocycles. The number of hydrogen-bond acceptors (Lipinski definition) is 4. The summed E-state index contributed by atoms with van der Waals surface area (Å²) in [6.07, 6.45) is 0.0484. The SMILES string of the molecule is O=C1CC(=NNc2cccc(Br)c2)NC(=O)N1. The van der Waals surface area contributed by atoms with Crippen molar-refractivity contribution in [2.75, 3.05) is 5.43 Å². The Morgan fingerprint density at radius 3 is 2.82 bits per heavy atom. The number of rotatable bonds is 2. The molecule has 2 rings (SSSR count). The van der Waals surface area contributed by atoms with Crippen molar-refractivity contribution < 1.29 is 9.59 Å². The molecule has 0 atom stereocenters. The number of hydrazone groups is 1. The first kappa shape index (κ1) is 11.6. The van der Waals surface area contributed by atoms with Crippen LogP contribution in [0.2, 0.25) is 0 Å². The number of amidine groups is 1. The molecule has 1 fully saturated rings. The summed E-state index contributed by atoms with van der Waals surface area (Å²) in [6, 6.07) is 6.82. The van der Waals surface area contributed by atoms with Gasteiger partial charge in [-0.15, -0.1) is 0 Å². The maximum absolute atomic E-state index is 11.1. The van der Waals surface area contributed by atoms with Crippen molar-refractivity contribution >= 4 is 39.4 Å². The van der Waals surface area contributed by atoms with E-state index >= 15 is 0 Å². The van der Waals surface area contributed by atoms with E-state index in [2.05, 4.69) is 37.1 Å². The van der Waals surface area contributed by atoms with Crippen LogP contribution in [0.4, 0.5) is 10.5 Å². The van der Waals surface area contributed by atoms with Crippen LogP contribution >= 0.6 is 15.9 Å². The van der Waals surface area contributed by atoms with Gasteiger partial charge in [-0.05, 0) is 18.2 Å². The molecule has 1 heterocycles. The molecule has 0 radical (unpaired) electrons. The van der Waals surface area contributed by atoms with Crippen molar-refractivity contribution in [1.29, 1.82) is 0 Å². The van der Waals surface area contributed by atoms with Crippen LogP contribution in [-0.4, -0.2) is 17.8 Å². The fourth-order valence-corrected chi connectivity index (χ4v) is 1.69. The van der Waals surface area contributed by atoms with Crippen molar-refractivity contribution in [2.24, 2.45) is 5.10 Å². The largest absolute Gasteiger partial charge is 0.326 e. The monoisotopic (exact) mass is 296 g/mol. The molecule has 0 aliphatic carbocycles. The second kappa shape index (κ2) is 4.96. The van der Waals surface area contributed by atoms with Gasteiger partial charge >= 0.3 is 6.03 Å². The van der Waals surface area contributed by atoms with Crippen LogP contribution in [0.5, 0.6) is 0 Å². The van der Waals surface area contributed by atoms with Crippen LogP contribution < -0.4 is 16.1 Å². The first-order valence-electron chi connectivity index (χ1n) is 4.82. The fraction of sp³-hybridized carbons (Fsp3) is 0.100. The van der Waals surface area contributed by atoms with E-state index in [9.17, 15) is 9.59 Å². The summed E-state index contributed by atoms with van der Waals surface area (Å²) in [5.41, 5.74) is 3.52. The molecule has 1 aliphatic rings. The number of benzene rings is 1. The summed E-state index contributed by atoms with van der Waals surface area (Å²) in [7, 11) is 0. The van der Waals surface area contributed by atoms with Crippen LogP contribution in [0.1, 0.15) is 6.42 Å². The number of carbonyl (C=O) groups is 2. The quantitative estimate of drug-likeness (QED) is 0.722. The number of halogens is 1. The van der Waals surface area contributed by atoms with Gasteiger partial charge in [0.25, 0.3) is 0 Å². The first-order chi connectivity index (χ1) is 8.13. The zero-order valence-electron chi connectivity index (χ0n) is 8.66. The number of hydrogen-bond donors (Lipinski definition) is 3. The number of urea groups is 1. The van der Waals surface area contributed by atoms with Crippen molar-refractivity contribution in [1.82, 2.24) is 10.6 Å². The topological polar surface area (TPSA) is 82.6 Å². The standard InChI is InChI=1S/C10H9BrN4O2/c11-6-2-1-3-7(4-6)14-15-8-5-9(16)13-10(17)12-8/h1-4,14H,5H2,(H2,12,13,15,16,17). The molecule has 7 heteroatoms. The van der Waals surface area contributed by atoms with E-state index in [1.54, 1.807) is 0 Å². The van der Waals surface area contributed by atoms with Crippen molar-refractivity contribution in [3.8, 4) is 0 Å². The summed E-state index contributed by atoms with van der Waals surface area (Å²) in [5.74, 6) is -0.0812. The molecule has 6 nitrogen and oxygen atoms in total. The average molecular weight is 297 g/mol. The van der Waals surface area contributed by atoms with Crippen LogP contribution in [0.15, 0.2) is 33.8 Å². The third-order valence-electron chi connectivity index (χ3n) is 1.98. The molecule has 1 aromatic carbocycles. The highest BCUT2D eigenvalue weighted by molar-refractivity contribution is 9.10. The molecule has 0 bridgehead atoms. The molecular weight excluding hydrogens is 288 g/mol. The number of nitrogens with zero attached hydrogens (tertiary/aromatic N) is 1. The Morgan fingerprint density at radius 2 is 2.12 bits per heavy atom. The normalized spacial score (nSPS) is 17.6. The van der Waals surface area contributed by atoms with Gasteiger partial charge in [0.1, 0.15) is 5.84 Å². The molecule has 3 amide bonds. The van der Waals surface area contributed by atoms with E-state index in [0.717, 1.165) is 10.2 Å². The van der Waals surface area contributed by atoms with Crippen molar-refractivity contribution in [3.63, 3.8) is 0 Å². The average Bonchev–Trinajstić information content (AvgIpc) is 2.25. The number of anilines is 1. The van der Waals surface area contributed by atoms with E-state index in [1.807, 2.05) is 24.3 Å². The van der Waals surface area contributed by atoms with E-state index in [4.69, 9.17) is 0 Å². The maximum atomic E-state index is 11.1. The third-order valence-corrected chi connectivity index (χ3v) is 2.48. The number of carbonyl (C=O) groups excluding carboxylic acids is 2. The van der Waals surface area contributed by atoms with Gasteiger partial charge in [-0.3, -0.25) is 20.9 Å². The van der Waals surface area contributed by atoms with Gasteiger partial charge in [-0.2, -0.15) is 5.10 Å². The molecule has 0 saturated carbocycles. The fourth-order valence-electron chi connectivity index (χ4n) is 1.29. The molecule has 17 heavy (non-hydrogen) atoms. The Kier molecular flexibility index (Phi) is 3.38. The molecule has 1 aliphatic heterocycles. The van der Waals surface area contributed by atoms with E-state index < -0.39 is 6.03 Å². The minimum atomic E-state index is -0.559. The third kappa shape index (κ3) is 3.28. The smallest absolute Gasteiger partial charge is 0.294 e. The molecular formula is C10H9BrN4O2. The molecule has 1 aromatic rings. The van der Waals surface area contributed by atoms with Gasteiger partial charge in [-0.1, -0.05) is 22.0 Å². The summed E-state index contributed by atoms with van der Waals surface area (Å²) < 4.78 is 0.910. The summed E-state index contributed by atoms with van der Waals surface area (Å²) in [6.45, 7) is 0. The van der Waals surface area contributed by atoms with E-state index in [-0.39, 0.29) is 12.3 Å². The lowest BCUT2D eigenvalue weighted by Gasteiger charge is -2.14. The number of imide groups is 1. The summed E-state index contributed by atoms with van der Waals surface area (Å²) >= 11 is 3.32. The second-order valence-corrected chi connectivity index (χ2v) is 4.28. The highest BCUT2D eigenvalue weighted by Crippen LogP contribution is 2.15. The van der Waals surface area contributed by atoms with Crippen LogP contribution in [0.25, 0.3) is 0 Å². The highest BCUT2D eigenvalue weighted by Gasteiger charge is 2.19. The molecule has 88 valence electrons. The molecule has 0 unspecified atom stereocenters. The van der Waals surface area contributed by atoms with Crippen LogP contribution in [0.3, 0.4) is 0 Å². The second-order valence-electron chi connectivity index (χ2n) is 3.36. The zero-order chi connectivity index (χ0) is 12.3. The Balaban J connectivity index is 2.05. The highest BCUT2D eigenvalue weighted by atomic mass is 79.9. The van der Waals surface area contributed by atoms with Gasteiger partial charge in [0.15, 0.2) is 0 Å². The van der Waals surface area contributed by atoms with Gasteiger partial charge < -0.3 is 0 Å². The number of amides is 3. The molecule has 3 N–H and O–H groups in total. The molecule has 0 spiro atoms. The predicted molar refractivity (Wildman–Crippen MR) is 66.5 cm³/mol. The Bertz CT molecular complexity index is 483. The minimum Gasteiger partial charge on any atom is -0.294 e. The maximum Gasteiger partial charge on any atom is 0.326 e.